The maximum absolute atomic E-state index is 11.1. The van der Waals surface area contributed by atoms with E-state index in [1.54, 1.807) is 26.1 Å². The molecule has 104 valence electrons. The fourth-order valence-electron chi connectivity index (χ4n) is 1.60. The number of aromatic nitrogens is 2. The van der Waals surface area contributed by atoms with E-state index >= 15 is 0 Å². The van der Waals surface area contributed by atoms with E-state index in [2.05, 4.69) is 15.3 Å². The third kappa shape index (κ3) is 2.77. The van der Waals surface area contributed by atoms with Crippen molar-refractivity contribution in [1.82, 2.24) is 9.97 Å². The van der Waals surface area contributed by atoms with Crippen LogP contribution < -0.4 is 10.1 Å². The molecular weight excluding hydrogens is 284 g/mol. The summed E-state index contributed by atoms with van der Waals surface area (Å²) in [6.07, 6.45) is 1.36. The summed E-state index contributed by atoms with van der Waals surface area (Å²) in [4.78, 5) is 18.5. The van der Waals surface area contributed by atoms with Gasteiger partial charge in [-0.2, -0.15) is 4.98 Å². The average Bonchev–Trinajstić information content (AvgIpc) is 2.41. The fourth-order valence-corrected chi connectivity index (χ4v) is 1.73. The highest BCUT2D eigenvalue weighted by atomic mass is 35.5. The Morgan fingerprint density at radius 1 is 1.45 bits per heavy atom. The minimum atomic E-state index is -0.501. The molecular formula is C12H11ClN4O3. The highest BCUT2D eigenvalue weighted by Gasteiger charge is 2.20. The first kappa shape index (κ1) is 14.0. The van der Waals surface area contributed by atoms with Crippen LogP contribution in [0.25, 0.3) is 0 Å². The van der Waals surface area contributed by atoms with Crippen molar-refractivity contribution in [3.05, 3.63) is 45.1 Å². The lowest BCUT2D eigenvalue weighted by atomic mass is 10.2. The Morgan fingerprint density at radius 2 is 2.20 bits per heavy atom. The third-order valence-electron chi connectivity index (χ3n) is 2.53. The van der Waals surface area contributed by atoms with E-state index in [1.165, 1.54) is 12.3 Å². The minimum Gasteiger partial charge on any atom is -0.430 e. The number of para-hydroxylation sites is 1. The van der Waals surface area contributed by atoms with E-state index in [1.807, 2.05) is 0 Å². The van der Waals surface area contributed by atoms with Gasteiger partial charge < -0.3 is 10.1 Å². The quantitative estimate of drug-likeness (QED) is 0.688. The molecule has 0 aliphatic carbocycles. The molecule has 0 unspecified atom stereocenters. The number of rotatable bonds is 4. The van der Waals surface area contributed by atoms with Crippen molar-refractivity contribution in [2.24, 2.45) is 0 Å². The second-order valence-electron chi connectivity index (χ2n) is 3.88. The molecule has 0 spiro atoms. The number of benzene rings is 1. The Kier molecular flexibility index (Phi) is 3.99. The van der Waals surface area contributed by atoms with Gasteiger partial charge in [-0.05, 0) is 13.0 Å². The lowest BCUT2D eigenvalue weighted by Crippen LogP contribution is -2.00. The Morgan fingerprint density at radius 3 is 2.85 bits per heavy atom. The minimum absolute atomic E-state index is 0.0553. The van der Waals surface area contributed by atoms with Crippen LogP contribution in [-0.2, 0) is 0 Å². The summed E-state index contributed by atoms with van der Waals surface area (Å²) in [5.74, 6) is 0.442. The smallest absolute Gasteiger partial charge is 0.314 e. The van der Waals surface area contributed by atoms with Crippen molar-refractivity contribution in [2.45, 2.75) is 6.92 Å². The number of hydrogen-bond acceptors (Lipinski definition) is 6. The van der Waals surface area contributed by atoms with Crippen molar-refractivity contribution in [3.63, 3.8) is 0 Å². The van der Waals surface area contributed by atoms with Crippen LogP contribution in [0.15, 0.2) is 24.4 Å². The van der Waals surface area contributed by atoms with Gasteiger partial charge in [0.05, 0.1) is 11.1 Å². The largest absolute Gasteiger partial charge is 0.430 e. The number of aryl methyl sites for hydroxylation is 1. The first-order chi connectivity index (χ1) is 9.52. The van der Waals surface area contributed by atoms with Crippen molar-refractivity contribution in [2.75, 3.05) is 12.4 Å². The number of nitrogens with zero attached hydrogens (tertiary/aromatic N) is 3. The lowest BCUT2D eigenvalue weighted by molar-refractivity contribution is -0.386. The van der Waals surface area contributed by atoms with E-state index in [0.29, 0.717) is 11.5 Å². The molecule has 20 heavy (non-hydrogen) atoms. The van der Waals surface area contributed by atoms with Gasteiger partial charge in [-0.3, -0.25) is 10.1 Å². The van der Waals surface area contributed by atoms with E-state index in [0.717, 1.165) is 0 Å². The average molecular weight is 295 g/mol. The number of anilines is 1. The topological polar surface area (TPSA) is 90.2 Å². The second-order valence-corrected chi connectivity index (χ2v) is 4.28. The molecule has 0 saturated carbocycles. The standard InChI is InChI=1S/C12H11ClN4O3/c1-7-4-3-5-9(10(7)17(18)19)20-11-8(13)6-15-12(14-2)16-11/h3-6H,1-2H3,(H,14,15,16). The molecule has 1 aromatic heterocycles. The predicted molar refractivity (Wildman–Crippen MR) is 74.5 cm³/mol. The first-order valence-corrected chi connectivity index (χ1v) is 6.03. The second kappa shape index (κ2) is 5.70. The molecule has 1 N–H and O–H groups in total. The van der Waals surface area contributed by atoms with Crippen LogP contribution in [0.5, 0.6) is 11.6 Å². The number of hydrogen-bond donors (Lipinski definition) is 1. The summed E-state index contributed by atoms with van der Waals surface area (Å²) in [5.41, 5.74) is 0.375. The third-order valence-corrected chi connectivity index (χ3v) is 2.78. The Hall–Kier alpha value is -2.41. The molecule has 2 rings (SSSR count). The summed E-state index contributed by atoms with van der Waals surface area (Å²) < 4.78 is 5.46. The number of ether oxygens (including phenoxy) is 1. The summed E-state index contributed by atoms with van der Waals surface area (Å²) in [5, 5.41) is 14.0. The van der Waals surface area contributed by atoms with Crippen LogP contribution >= 0.6 is 11.6 Å². The summed E-state index contributed by atoms with van der Waals surface area (Å²) in [7, 11) is 1.64. The Labute approximate surface area is 119 Å². The van der Waals surface area contributed by atoms with Crippen molar-refractivity contribution < 1.29 is 9.66 Å². The molecule has 0 saturated heterocycles. The molecule has 8 heteroatoms. The zero-order valence-corrected chi connectivity index (χ0v) is 11.5. The number of nitrogens with one attached hydrogen (secondary N) is 1. The van der Waals surface area contributed by atoms with Gasteiger partial charge in [-0.15, -0.1) is 0 Å². The van der Waals surface area contributed by atoms with Crippen LogP contribution in [-0.4, -0.2) is 21.9 Å². The highest BCUT2D eigenvalue weighted by molar-refractivity contribution is 6.31. The molecule has 0 radical (unpaired) electrons. The van der Waals surface area contributed by atoms with Crippen LogP contribution in [0.4, 0.5) is 11.6 Å². The van der Waals surface area contributed by atoms with Gasteiger partial charge in [-0.1, -0.05) is 23.7 Å². The maximum atomic E-state index is 11.1. The summed E-state index contributed by atoms with van der Waals surface area (Å²) >= 11 is 5.93. The summed E-state index contributed by atoms with van der Waals surface area (Å²) in [6, 6.07) is 4.78. The van der Waals surface area contributed by atoms with Gasteiger partial charge in [-0.25, -0.2) is 4.98 Å². The normalized spacial score (nSPS) is 10.2. The molecule has 2 aromatic rings. The zero-order valence-electron chi connectivity index (χ0n) is 10.8. The molecule has 0 aliphatic heterocycles. The molecule has 0 aliphatic rings. The predicted octanol–water partition coefficient (Wildman–Crippen LogP) is 3.18. The van der Waals surface area contributed by atoms with Gasteiger partial charge in [0, 0.05) is 12.6 Å². The summed E-state index contributed by atoms with van der Waals surface area (Å²) in [6.45, 7) is 1.63. The van der Waals surface area contributed by atoms with Gasteiger partial charge in [0.15, 0.2) is 0 Å². The number of nitro groups is 1. The van der Waals surface area contributed by atoms with Crippen LogP contribution in [0.3, 0.4) is 0 Å². The molecule has 0 bridgehead atoms. The molecule has 7 nitrogen and oxygen atoms in total. The van der Waals surface area contributed by atoms with E-state index in [4.69, 9.17) is 16.3 Å². The zero-order chi connectivity index (χ0) is 14.7. The maximum Gasteiger partial charge on any atom is 0.314 e. The van der Waals surface area contributed by atoms with Gasteiger partial charge in [0.2, 0.25) is 17.6 Å². The Bertz CT molecular complexity index is 663. The van der Waals surface area contributed by atoms with Gasteiger partial charge in [0.1, 0.15) is 5.02 Å². The van der Waals surface area contributed by atoms with E-state index in [9.17, 15) is 10.1 Å². The highest BCUT2D eigenvalue weighted by Crippen LogP contribution is 2.35. The number of halogens is 1. The van der Waals surface area contributed by atoms with Crippen LogP contribution in [0.2, 0.25) is 5.02 Å². The molecule has 1 heterocycles. The van der Waals surface area contributed by atoms with Crippen molar-refractivity contribution in [1.29, 1.82) is 0 Å². The van der Waals surface area contributed by atoms with Crippen molar-refractivity contribution in [3.8, 4) is 11.6 Å². The lowest BCUT2D eigenvalue weighted by Gasteiger charge is -2.09. The van der Waals surface area contributed by atoms with Crippen molar-refractivity contribution >= 4 is 23.2 Å². The van der Waals surface area contributed by atoms with E-state index in [-0.39, 0.29) is 22.3 Å². The fraction of sp³-hybridized carbons (Fsp3) is 0.167. The van der Waals surface area contributed by atoms with E-state index < -0.39 is 4.92 Å². The molecule has 0 atom stereocenters. The number of nitro benzene ring substituents is 1. The van der Waals surface area contributed by atoms with Gasteiger partial charge in [0.25, 0.3) is 0 Å². The molecule has 1 aromatic carbocycles. The monoisotopic (exact) mass is 294 g/mol. The molecule has 0 fully saturated rings. The molecule has 0 amide bonds. The van der Waals surface area contributed by atoms with Crippen LogP contribution in [0.1, 0.15) is 5.56 Å². The van der Waals surface area contributed by atoms with Gasteiger partial charge >= 0.3 is 5.69 Å². The Balaban J connectivity index is 2.45. The van der Waals surface area contributed by atoms with Crippen LogP contribution in [0, 0.1) is 17.0 Å². The first-order valence-electron chi connectivity index (χ1n) is 5.65. The SMILES string of the molecule is CNc1ncc(Cl)c(Oc2cccc(C)c2[N+](=O)[O-])n1.